The third-order valence-corrected chi connectivity index (χ3v) is 5.72. The zero-order valence-corrected chi connectivity index (χ0v) is 17.4. The number of nitrogens with zero attached hydrogens (tertiary/aromatic N) is 4. The average Bonchev–Trinajstić information content (AvgIpc) is 3.48. The molecule has 0 aliphatic carbocycles. The molecular formula is C23H20ClN5O2. The van der Waals surface area contributed by atoms with E-state index in [-0.39, 0.29) is 5.91 Å². The van der Waals surface area contributed by atoms with Crippen LogP contribution in [0.25, 0.3) is 22.4 Å². The van der Waals surface area contributed by atoms with Crippen LogP contribution in [0.1, 0.15) is 16.8 Å². The molecule has 3 heterocycles. The summed E-state index contributed by atoms with van der Waals surface area (Å²) in [6, 6.07) is 15.0. The number of anilines is 1. The first-order valence-corrected chi connectivity index (χ1v) is 10.5. The largest absolute Gasteiger partial charge is 0.368 e. The summed E-state index contributed by atoms with van der Waals surface area (Å²) in [6.07, 6.45) is 4.13. The molecule has 0 saturated carbocycles. The summed E-state index contributed by atoms with van der Waals surface area (Å²) in [7, 11) is 0. The van der Waals surface area contributed by atoms with E-state index in [0.717, 1.165) is 23.0 Å². The van der Waals surface area contributed by atoms with Gasteiger partial charge in [0.2, 0.25) is 0 Å². The molecule has 1 saturated heterocycles. The van der Waals surface area contributed by atoms with E-state index in [0.29, 0.717) is 47.7 Å². The molecule has 0 radical (unpaired) electrons. The van der Waals surface area contributed by atoms with Crippen molar-refractivity contribution >= 4 is 34.4 Å². The van der Waals surface area contributed by atoms with Crippen molar-refractivity contribution in [3.05, 3.63) is 71.5 Å². The smallest absolute Gasteiger partial charge is 0.259 e. The number of amides is 1. The molecule has 1 aliphatic rings. The number of aromatic nitrogens is 3. The number of fused-ring (bicyclic) bond motifs is 1. The van der Waals surface area contributed by atoms with Crippen molar-refractivity contribution < 1.29 is 9.32 Å². The Bertz CT molecular complexity index is 1230. The highest BCUT2D eigenvalue weighted by Gasteiger charge is 2.30. The third-order valence-electron chi connectivity index (χ3n) is 5.49. The molecule has 0 bridgehead atoms. The monoisotopic (exact) mass is 433 g/mol. The highest BCUT2D eigenvalue weighted by molar-refractivity contribution is 6.31. The van der Waals surface area contributed by atoms with Gasteiger partial charge in [-0.2, -0.15) is 0 Å². The van der Waals surface area contributed by atoms with Crippen LogP contribution in [0.2, 0.25) is 5.02 Å². The van der Waals surface area contributed by atoms with E-state index in [1.165, 1.54) is 6.20 Å². The van der Waals surface area contributed by atoms with Crippen molar-refractivity contribution in [2.24, 2.45) is 5.92 Å². The Hall–Kier alpha value is -3.45. The Morgan fingerprint density at radius 2 is 2.03 bits per heavy atom. The highest BCUT2D eigenvalue weighted by atomic mass is 35.5. The molecule has 7 nitrogen and oxygen atoms in total. The average molecular weight is 434 g/mol. The van der Waals surface area contributed by atoms with Crippen LogP contribution in [0.5, 0.6) is 0 Å². The molecule has 5 rings (SSSR count). The van der Waals surface area contributed by atoms with Crippen LogP contribution in [-0.2, 0) is 0 Å². The number of likely N-dealkylation sites (tertiary alicyclic amines) is 1. The van der Waals surface area contributed by atoms with Gasteiger partial charge in [0.15, 0.2) is 5.76 Å². The molecule has 2 aromatic heterocycles. The maximum Gasteiger partial charge on any atom is 0.259 e. The number of hydrogen-bond donors (Lipinski definition) is 1. The van der Waals surface area contributed by atoms with Gasteiger partial charge in [-0.25, -0.2) is 4.98 Å². The van der Waals surface area contributed by atoms with Crippen molar-refractivity contribution in [1.82, 2.24) is 20.0 Å². The predicted octanol–water partition coefficient (Wildman–Crippen LogP) is 4.51. The number of hydrogen-bond acceptors (Lipinski definition) is 6. The molecule has 31 heavy (non-hydrogen) atoms. The van der Waals surface area contributed by atoms with Crippen molar-refractivity contribution in [2.75, 3.05) is 25.0 Å². The van der Waals surface area contributed by atoms with Gasteiger partial charge in [0, 0.05) is 30.2 Å². The quantitative estimate of drug-likeness (QED) is 0.498. The van der Waals surface area contributed by atoms with Crippen LogP contribution in [-0.4, -0.2) is 45.6 Å². The second kappa shape index (κ2) is 8.35. The molecule has 1 N–H and O–H groups in total. The van der Waals surface area contributed by atoms with Gasteiger partial charge in [-0.3, -0.25) is 9.78 Å². The number of nitrogens with one attached hydrogen (secondary N) is 1. The lowest BCUT2D eigenvalue weighted by Crippen LogP contribution is -2.29. The normalized spacial score (nSPS) is 16.0. The number of carbonyl (C=O) groups excluding carboxylic acids is 1. The first kappa shape index (κ1) is 19.5. The Labute approximate surface area is 184 Å². The van der Waals surface area contributed by atoms with Crippen molar-refractivity contribution in [2.45, 2.75) is 6.42 Å². The summed E-state index contributed by atoms with van der Waals surface area (Å²) >= 11 is 6.00. The first-order valence-electron chi connectivity index (χ1n) is 10.1. The summed E-state index contributed by atoms with van der Waals surface area (Å²) in [5.74, 6) is 1.50. The van der Waals surface area contributed by atoms with Gasteiger partial charge >= 0.3 is 0 Å². The Kier molecular flexibility index (Phi) is 5.26. The molecule has 8 heteroatoms. The molecule has 2 aromatic carbocycles. The van der Waals surface area contributed by atoms with Crippen molar-refractivity contribution in [3.63, 3.8) is 0 Å². The van der Waals surface area contributed by atoms with Crippen molar-refractivity contribution in [1.29, 1.82) is 0 Å². The second-order valence-corrected chi connectivity index (χ2v) is 8.05. The molecule has 0 spiro atoms. The molecule has 1 atom stereocenters. The van der Waals surface area contributed by atoms with E-state index in [2.05, 4.69) is 20.4 Å². The zero-order chi connectivity index (χ0) is 21.2. The Morgan fingerprint density at radius 1 is 1.16 bits per heavy atom. The number of halogens is 1. The minimum absolute atomic E-state index is 0.0509. The minimum atomic E-state index is -0.0509. The van der Waals surface area contributed by atoms with E-state index >= 15 is 0 Å². The predicted molar refractivity (Wildman–Crippen MR) is 119 cm³/mol. The maximum absolute atomic E-state index is 13.1. The minimum Gasteiger partial charge on any atom is -0.368 e. The van der Waals surface area contributed by atoms with Crippen molar-refractivity contribution in [3.8, 4) is 11.3 Å². The fraction of sp³-hybridized carbons (Fsp3) is 0.217. The van der Waals surface area contributed by atoms with E-state index in [4.69, 9.17) is 16.1 Å². The van der Waals surface area contributed by atoms with Crippen LogP contribution >= 0.6 is 11.6 Å². The van der Waals surface area contributed by atoms with E-state index in [9.17, 15) is 4.79 Å². The molecule has 1 aliphatic heterocycles. The summed E-state index contributed by atoms with van der Waals surface area (Å²) in [4.78, 5) is 23.9. The summed E-state index contributed by atoms with van der Waals surface area (Å²) in [5, 5.41) is 7.85. The van der Waals surface area contributed by atoms with Crippen LogP contribution in [0.3, 0.4) is 0 Å². The summed E-state index contributed by atoms with van der Waals surface area (Å²) < 4.78 is 5.37. The van der Waals surface area contributed by atoms with Gasteiger partial charge in [-0.05, 0) is 30.5 Å². The molecule has 4 aromatic rings. The molecule has 0 unspecified atom stereocenters. The SMILES string of the molecule is O=C(c1cnoc1-c1ccccc1)N1CC[C@@H](CNc2cnc3cc(Cl)ccc3n2)C1. The highest BCUT2D eigenvalue weighted by Crippen LogP contribution is 2.27. The lowest BCUT2D eigenvalue weighted by molar-refractivity contribution is 0.0788. The van der Waals surface area contributed by atoms with E-state index < -0.39 is 0 Å². The molecular weight excluding hydrogens is 414 g/mol. The Balaban J connectivity index is 1.22. The fourth-order valence-corrected chi connectivity index (χ4v) is 4.03. The lowest BCUT2D eigenvalue weighted by atomic mass is 10.1. The summed E-state index contributed by atoms with van der Waals surface area (Å²) in [6.45, 7) is 2.08. The topological polar surface area (TPSA) is 84.2 Å². The van der Waals surface area contributed by atoms with Gasteiger partial charge in [-0.1, -0.05) is 47.1 Å². The number of rotatable bonds is 5. The van der Waals surface area contributed by atoms with Gasteiger partial charge in [0.1, 0.15) is 11.4 Å². The van der Waals surface area contributed by atoms with Crippen LogP contribution in [0.4, 0.5) is 5.82 Å². The molecule has 1 amide bonds. The number of carbonyl (C=O) groups is 1. The molecule has 156 valence electrons. The van der Waals surface area contributed by atoms with Gasteiger partial charge in [0.05, 0.1) is 23.4 Å². The second-order valence-electron chi connectivity index (χ2n) is 7.61. The fourth-order valence-electron chi connectivity index (χ4n) is 3.86. The maximum atomic E-state index is 13.1. The van der Waals surface area contributed by atoms with Crippen LogP contribution in [0, 0.1) is 5.92 Å². The first-order chi connectivity index (χ1) is 15.2. The standard InChI is InChI=1S/C23H20ClN5O2/c24-17-6-7-19-20(10-17)25-13-21(28-19)26-11-15-8-9-29(14-15)23(30)18-12-27-31-22(18)16-4-2-1-3-5-16/h1-7,10,12-13,15H,8-9,11,14H2,(H,26,28)/t15-/m0/s1. The van der Waals surface area contributed by atoms with Crippen LogP contribution < -0.4 is 5.32 Å². The third kappa shape index (κ3) is 4.09. The van der Waals surface area contributed by atoms with E-state index in [1.54, 1.807) is 18.3 Å². The van der Waals surface area contributed by atoms with Gasteiger partial charge < -0.3 is 14.7 Å². The van der Waals surface area contributed by atoms with Gasteiger partial charge in [0.25, 0.3) is 5.91 Å². The number of benzene rings is 2. The molecule has 1 fully saturated rings. The zero-order valence-electron chi connectivity index (χ0n) is 16.7. The van der Waals surface area contributed by atoms with Crippen LogP contribution in [0.15, 0.2) is 65.4 Å². The Morgan fingerprint density at radius 3 is 2.90 bits per heavy atom. The van der Waals surface area contributed by atoms with E-state index in [1.807, 2.05) is 41.3 Å². The summed E-state index contributed by atoms with van der Waals surface area (Å²) in [5.41, 5.74) is 2.90. The van der Waals surface area contributed by atoms with Gasteiger partial charge in [-0.15, -0.1) is 0 Å². The lowest BCUT2D eigenvalue weighted by Gasteiger charge is -2.16.